The van der Waals surface area contributed by atoms with Crippen molar-refractivity contribution < 1.29 is 9.90 Å². The number of nitrogens with zero attached hydrogens (tertiary/aromatic N) is 1. The maximum absolute atomic E-state index is 12.3. The number of fused-ring (bicyclic) bond motifs is 1. The van der Waals surface area contributed by atoms with Crippen molar-refractivity contribution in [1.82, 2.24) is 5.32 Å². The van der Waals surface area contributed by atoms with Gasteiger partial charge >= 0.3 is 0 Å². The molecule has 118 valence electrons. The number of aliphatic hydroxyl groups is 1. The molecular formula is C18H18N2O2S. The second kappa shape index (κ2) is 6.46. The Morgan fingerprint density at radius 1 is 1.22 bits per heavy atom. The van der Waals surface area contributed by atoms with Crippen molar-refractivity contribution in [2.75, 3.05) is 5.75 Å². The molecule has 0 saturated carbocycles. The molecule has 3 rings (SSSR count). The molecule has 0 radical (unpaired) electrons. The van der Waals surface area contributed by atoms with Crippen LogP contribution in [0.3, 0.4) is 0 Å². The quantitative estimate of drug-likeness (QED) is 0.897. The second-order valence-corrected chi connectivity index (χ2v) is 6.65. The highest BCUT2D eigenvalue weighted by Gasteiger charge is 2.28. The van der Waals surface area contributed by atoms with Crippen LogP contribution in [0, 0.1) is 0 Å². The van der Waals surface area contributed by atoms with Crippen LogP contribution < -0.4 is 5.32 Å². The van der Waals surface area contributed by atoms with Gasteiger partial charge < -0.3 is 10.4 Å². The summed E-state index contributed by atoms with van der Waals surface area (Å²) in [6.45, 7) is 3.77. The highest BCUT2D eigenvalue weighted by Crippen LogP contribution is 2.30. The zero-order valence-electron chi connectivity index (χ0n) is 13.0. The van der Waals surface area contributed by atoms with E-state index < -0.39 is 0 Å². The molecule has 1 heterocycles. The lowest BCUT2D eigenvalue weighted by molar-refractivity contribution is -0.117. The van der Waals surface area contributed by atoms with E-state index in [1.165, 1.54) is 11.8 Å². The van der Waals surface area contributed by atoms with E-state index in [0.29, 0.717) is 10.8 Å². The summed E-state index contributed by atoms with van der Waals surface area (Å²) in [5, 5.41) is 15.6. The molecule has 2 aromatic carbocycles. The first kappa shape index (κ1) is 15.6. The van der Waals surface area contributed by atoms with Crippen molar-refractivity contribution in [3.63, 3.8) is 0 Å². The Labute approximate surface area is 139 Å². The summed E-state index contributed by atoms with van der Waals surface area (Å²) in [6.07, 6.45) is 0. The van der Waals surface area contributed by atoms with Crippen LogP contribution in [0.5, 0.6) is 0 Å². The molecule has 5 heteroatoms. The molecule has 1 aliphatic rings. The number of hydrogen-bond acceptors (Lipinski definition) is 4. The average molecular weight is 326 g/mol. The molecule has 0 spiro atoms. The van der Waals surface area contributed by atoms with Gasteiger partial charge in [-0.1, -0.05) is 42.1 Å². The molecule has 2 N–H and O–H groups in total. The van der Waals surface area contributed by atoms with Crippen LogP contribution in [0.4, 0.5) is 5.69 Å². The molecule has 1 amide bonds. The lowest BCUT2D eigenvalue weighted by Crippen LogP contribution is -2.33. The van der Waals surface area contributed by atoms with E-state index in [4.69, 9.17) is 0 Å². The fourth-order valence-electron chi connectivity index (χ4n) is 2.42. The standard InChI is InChI=1S/C18H18N2O2S/c1-11(2)19-17(22)16-15(21)10-23-18(16)20-14-8-7-12-5-3-4-6-13(12)9-14/h3-9,11,21H,10H2,1-2H3,(H,19,22). The average Bonchev–Trinajstić information content (AvgIpc) is 2.87. The van der Waals surface area contributed by atoms with E-state index >= 15 is 0 Å². The Morgan fingerprint density at radius 3 is 2.70 bits per heavy atom. The van der Waals surface area contributed by atoms with Crippen LogP contribution in [-0.4, -0.2) is 27.9 Å². The van der Waals surface area contributed by atoms with E-state index in [1.807, 2.05) is 56.3 Å². The fourth-order valence-corrected chi connectivity index (χ4v) is 3.36. The largest absolute Gasteiger partial charge is 0.510 e. The molecule has 0 aromatic heterocycles. The smallest absolute Gasteiger partial charge is 0.257 e. The molecule has 4 nitrogen and oxygen atoms in total. The van der Waals surface area contributed by atoms with Gasteiger partial charge in [-0.15, -0.1) is 0 Å². The van der Waals surface area contributed by atoms with Crippen LogP contribution in [0.25, 0.3) is 10.8 Å². The van der Waals surface area contributed by atoms with Crippen molar-refractivity contribution in [2.45, 2.75) is 19.9 Å². The van der Waals surface area contributed by atoms with Crippen molar-refractivity contribution in [3.8, 4) is 0 Å². The number of amides is 1. The number of benzene rings is 2. The third-order valence-electron chi connectivity index (χ3n) is 3.46. The van der Waals surface area contributed by atoms with Crippen molar-refractivity contribution >= 4 is 39.2 Å². The van der Waals surface area contributed by atoms with Gasteiger partial charge in [0.2, 0.25) is 0 Å². The number of aliphatic hydroxyl groups excluding tert-OH is 1. The molecule has 0 saturated heterocycles. The number of hydrogen-bond donors (Lipinski definition) is 2. The first-order chi connectivity index (χ1) is 11.0. The van der Waals surface area contributed by atoms with Gasteiger partial charge in [-0.2, -0.15) is 0 Å². The topological polar surface area (TPSA) is 61.7 Å². The summed E-state index contributed by atoms with van der Waals surface area (Å²) in [7, 11) is 0. The Kier molecular flexibility index (Phi) is 4.39. The highest BCUT2D eigenvalue weighted by atomic mass is 32.2. The second-order valence-electron chi connectivity index (χ2n) is 5.69. The summed E-state index contributed by atoms with van der Waals surface area (Å²) in [5.41, 5.74) is 1.06. The Bertz CT molecular complexity index is 825. The maximum atomic E-state index is 12.3. The van der Waals surface area contributed by atoms with Crippen molar-refractivity contribution in [1.29, 1.82) is 0 Å². The predicted molar refractivity (Wildman–Crippen MR) is 96.4 cm³/mol. The summed E-state index contributed by atoms with van der Waals surface area (Å²) < 4.78 is 0. The lowest BCUT2D eigenvalue weighted by Gasteiger charge is -2.09. The summed E-state index contributed by atoms with van der Waals surface area (Å²) in [6, 6.07) is 14.0. The maximum Gasteiger partial charge on any atom is 0.257 e. The third-order valence-corrected chi connectivity index (χ3v) is 4.45. The molecule has 0 unspecified atom stereocenters. The van der Waals surface area contributed by atoms with Gasteiger partial charge in [0.1, 0.15) is 16.4 Å². The number of rotatable bonds is 3. The van der Waals surface area contributed by atoms with Gasteiger partial charge in [0.15, 0.2) is 0 Å². The van der Waals surface area contributed by atoms with E-state index in [9.17, 15) is 9.90 Å². The van der Waals surface area contributed by atoms with Gasteiger partial charge in [-0.05, 0) is 36.8 Å². The van der Waals surface area contributed by atoms with E-state index in [2.05, 4.69) is 10.3 Å². The minimum Gasteiger partial charge on any atom is -0.510 e. The Morgan fingerprint density at radius 2 is 1.96 bits per heavy atom. The monoisotopic (exact) mass is 326 g/mol. The Balaban J connectivity index is 1.95. The van der Waals surface area contributed by atoms with Crippen LogP contribution in [0.15, 0.2) is 58.8 Å². The molecule has 1 aliphatic heterocycles. The normalized spacial score (nSPS) is 16.6. The summed E-state index contributed by atoms with van der Waals surface area (Å²) >= 11 is 1.38. The first-order valence-corrected chi connectivity index (χ1v) is 8.47. The van der Waals surface area contributed by atoms with Gasteiger partial charge in [0.05, 0.1) is 11.4 Å². The van der Waals surface area contributed by atoms with Crippen LogP contribution in [0.1, 0.15) is 13.8 Å². The molecular weight excluding hydrogens is 308 g/mol. The molecule has 0 fully saturated rings. The van der Waals surface area contributed by atoms with E-state index in [0.717, 1.165) is 16.5 Å². The van der Waals surface area contributed by atoms with Gasteiger partial charge in [0, 0.05) is 6.04 Å². The molecule has 0 aliphatic carbocycles. The number of aliphatic imine (C=N–C) groups is 1. The minimum absolute atomic E-state index is 0.00955. The van der Waals surface area contributed by atoms with E-state index in [1.54, 1.807) is 0 Å². The lowest BCUT2D eigenvalue weighted by atomic mass is 10.1. The van der Waals surface area contributed by atoms with Gasteiger partial charge in [-0.25, -0.2) is 4.99 Å². The first-order valence-electron chi connectivity index (χ1n) is 7.48. The van der Waals surface area contributed by atoms with Gasteiger partial charge in [-0.3, -0.25) is 4.79 Å². The Hall–Kier alpha value is -2.27. The molecule has 0 atom stereocenters. The van der Waals surface area contributed by atoms with Crippen molar-refractivity contribution in [2.24, 2.45) is 4.99 Å². The zero-order valence-corrected chi connectivity index (χ0v) is 13.9. The number of carbonyl (C=O) groups excluding carboxylic acids is 1. The van der Waals surface area contributed by atoms with Crippen LogP contribution >= 0.6 is 11.8 Å². The number of nitrogens with one attached hydrogen (secondary N) is 1. The van der Waals surface area contributed by atoms with E-state index in [-0.39, 0.29) is 23.3 Å². The summed E-state index contributed by atoms with van der Waals surface area (Å²) in [4.78, 5) is 16.8. The third kappa shape index (κ3) is 3.40. The number of carbonyl (C=O) groups is 1. The van der Waals surface area contributed by atoms with Crippen LogP contribution in [0.2, 0.25) is 0 Å². The van der Waals surface area contributed by atoms with Crippen LogP contribution in [-0.2, 0) is 4.79 Å². The zero-order chi connectivity index (χ0) is 16.4. The molecule has 0 bridgehead atoms. The van der Waals surface area contributed by atoms with Crippen molar-refractivity contribution in [3.05, 3.63) is 53.8 Å². The molecule has 2 aromatic rings. The molecule has 23 heavy (non-hydrogen) atoms. The summed E-state index contributed by atoms with van der Waals surface area (Å²) in [5.74, 6) is 0.197. The predicted octanol–water partition coefficient (Wildman–Crippen LogP) is 3.95. The van der Waals surface area contributed by atoms with Gasteiger partial charge in [0.25, 0.3) is 5.91 Å². The minimum atomic E-state index is -0.276. The SMILES string of the molecule is CC(C)NC(=O)C1=C(O)CSC1=Nc1ccc2ccccc2c1. The number of thioether (sulfide) groups is 1. The fraction of sp³-hybridized carbons (Fsp3) is 0.222. The highest BCUT2D eigenvalue weighted by molar-refractivity contribution is 8.15.